The lowest BCUT2D eigenvalue weighted by Crippen LogP contribution is -2.27. The van der Waals surface area contributed by atoms with Crippen LogP contribution in [0, 0.1) is 0 Å². The van der Waals surface area contributed by atoms with E-state index < -0.39 is 10.0 Å². The van der Waals surface area contributed by atoms with E-state index in [4.69, 9.17) is 16.1 Å². The van der Waals surface area contributed by atoms with Crippen LogP contribution >= 0.6 is 22.9 Å². The number of hydrogen-bond donors (Lipinski definition) is 1. The van der Waals surface area contributed by atoms with Crippen LogP contribution in [0.5, 0.6) is 0 Å². The number of aromatic nitrogens is 2. The zero-order chi connectivity index (χ0) is 20.4. The quantitative estimate of drug-likeness (QED) is 0.615. The van der Waals surface area contributed by atoms with E-state index >= 15 is 0 Å². The Kier molecular flexibility index (Phi) is 5.68. The van der Waals surface area contributed by atoms with Crippen LogP contribution < -0.4 is 4.72 Å². The van der Waals surface area contributed by atoms with E-state index in [0.29, 0.717) is 23.7 Å². The molecule has 0 unspecified atom stereocenters. The third kappa shape index (κ3) is 4.50. The molecular formula is C18H17ClN4O4S2. The Morgan fingerprint density at radius 2 is 1.97 bits per heavy atom. The number of sulfonamides is 1. The van der Waals surface area contributed by atoms with E-state index in [1.807, 2.05) is 0 Å². The molecule has 0 radical (unpaired) electrons. The summed E-state index contributed by atoms with van der Waals surface area (Å²) in [5.74, 6) is -0.199. The number of thiophene rings is 1. The first-order chi connectivity index (χ1) is 13.9. The van der Waals surface area contributed by atoms with Crippen molar-refractivity contribution < 1.29 is 17.7 Å². The van der Waals surface area contributed by atoms with Crippen molar-refractivity contribution in [2.75, 3.05) is 13.1 Å². The third-order valence-electron chi connectivity index (χ3n) is 4.48. The summed E-state index contributed by atoms with van der Waals surface area (Å²) in [4.78, 5) is 18.1. The van der Waals surface area contributed by atoms with Crippen molar-refractivity contribution in [2.45, 2.75) is 23.6 Å². The van der Waals surface area contributed by atoms with Gasteiger partial charge in [0.15, 0.2) is 0 Å². The van der Waals surface area contributed by atoms with Crippen molar-refractivity contribution >= 4 is 38.9 Å². The summed E-state index contributed by atoms with van der Waals surface area (Å²) in [7, 11) is -3.70. The highest BCUT2D eigenvalue weighted by Gasteiger charge is 2.26. The molecule has 8 nitrogen and oxygen atoms in total. The zero-order valence-electron chi connectivity index (χ0n) is 15.2. The van der Waals surface area contributed by atoms with Gasteiger partial charge in [0.2, 0.25) is 15.8 Å². The fourth-order valence-corrected chi connectivity index (χ4v) is 5.26. The average molecular weight is 453 g/mol. The van der Waals surface area contributed by atoms with E-state index in [1.165, 1.54) is 6.07 Å². The minimum Gasteiger partial charge on any atom is -0.334 e. The minimum atomic E-state index is -3.70. The number of likely N-dealkylation sites (tertiary alicyclic amines) is 1. The first-order valence-corrected chi connectivity index (χ1v) is 11.6. The van der Waals surface area contributed by atoms with Crippen LogP contribution in [0.15, 0.2) is 44.4 Å². The molecule has 1 aromatic carbocycles. The van der Waals surface area contributed by atoms with Crippen molar-refractivity contribution in [3.8, 4) is 11.4 Å². The highest BCUT2D eigenvalue weighted by molar-refractivity contribution is 7.91. The van der Waals surface area contributed by atoms with Gasteiger partial charge < -0.3 is 9.42 Å². The van der Waals surface area contributed by atoms with Crippen molar-refractivity contribution in [3.05, 3.63) is 52.2 Å². The predicted octanol–water partition coefficient (Wildman–Crippen LogP) is 3.17. The fourth-order valence-electron chi connectivity index (χ4n) is 2.91. The maximum absolute atomic E-state index is 12.6. The number of rotatable bonds is 6. The lowest BCUT2D eigenvalue weighted by molar-refractivity contribution is 0.0743. The van der Waals surface area contributed by atoms with Crippen LogP contribution in [0.4, 0.5) is 0 Å². The molecule has 1 saturated heterocycles. The molecule has 0 saturated carbocycles. The Morgan fingerprint density at radius 3 is 2.69 bits per heavy atom. The average Bonchev–Trinajstić information content (AvgIpc) is 3.48. The zero-order valence-corrected chi connectivity index (χ0v) is 17.6. The predicted molar refractivity (Wildman–Crippen MR) is 108 cm³/mol. The molecule has 1 fully saturated rings. The summed E-state index contributed by atoms with van der Waals surface area (Å²) in [6, 6.07) is 8.37. The van der Waals surface area contributed by atoms with Crippen LogP contribution in [-0.4, -0.2) is 42.5 Å². The molecule has 152 valence electrons. The normalized spacial score (nSPS) is 14.4. The Bertz CT molecular complexity index is 1120. The molecule has 0 atom stereocenters. The monoisotopic (exact) mass is 452 g/mol. The smallest absolute Gasteiger partial charge is 0.316 e. The summed E-state index contributed by atoms with van der Waals surface area (Å²) < 4.78 is 32.9. The number of amides is 1. The molecule has 1 amide bonds. The summed E-state index contributed by atoms with van der Waals surface area (Å²) in [5, 5.41) is 6.02. The molecule has 3 aromatic rings. The van der Waals surface area contributed by atoms with Crippen LogP contribution in [0.25, 0.3) is 11.4 Å². The molecule has 0 aliphatic carbocycles. The van der Waals surface area contributed by atoms with Crippen LogP contribution in [0.3, 0.4) is 0 Å². The summed E-state index contributed by atoms with van der Waals surface area (Å²) in [5.41, 5.74) is 1.27. The number of benzene rings is 1. The van der Waals surface area contributed by atoms with E-state index in [9.17, 15) is 13.2 Å². The maximum atomic E-state index is 12.6. The molecule has 1 aliphatic heterocycles. The second-order valence-electron chi connectivity index (χ2n) is 6.53. The molecule has 2 aromatic heterocycles. The Balaban J connectivity index is 1.46. The van der Waals surface area contributed by atoms with E-state index in [1.54, 1.807) is 34.5 Å². The first-order valence-electron chi connectivity index (χ1n) is 8.88. The van der Waals surface area contributed by atoms with Gasteiger partial charge in [0.1, 0.15) is 4.21 Å². The van der Waals surface area contributed by atoms with Crippen molar-refractivity contribution in [1.29, 1.82) is 0 Å². The van der Waals surface area contributed by atoms with Gasteiger partial charge in [0.25, 0.3) is 0 Å². The molecule has 4 rings (SSSR count). The summed E-state index contributed by atoms with van der Waals surface area (Å²) in [6.45, 7) is 1.50. The largest absolute Gasteiger partial charge is 0.334 e. The minimum absolute atomic E-state index is 0.0848. The number of nitrogens with one attached hydrogen (secondary N) is 1. The molecule has 0 bridgehead atoms. The van der Waals surface area contributed by atoms with Crippen molar-refractivity contribution in [1.82, 2.24) is 19.8 Å². The third-order valence-corrected chi connectivity index (χ3v) is 7.57. The van der Waals surface area contributed by atoms with Gasteiger partial charge in [-0.25, -0.2) is 13.1 Å². The number of carbonyl (C=O) groups is 1. The molecule has 1 N–H and O–H groups in total. The van der Waals surface area contributed by atoms with Crippen LogP contribution in [-0.2, 0) is 16.6 Å². The first kappa shape index (κ1) is 20.0. The number of carbonyl (C=O) groups excluding carboxylic acids is 1. The van der Waals surface area contributed by atoms with Gasteiger partial charge in [0, 0.05) is 35.6 Å². The molecule has 29 heavy (non-hydrogen) atoms. The number of halogens is 1. The van der Waals surface area contributed by atoms with Crippen molar-refractivity contribution in [2.24, 2.45) is 0 Å². The van der Waals surface area contributed by atoms with Gasteiger partial charge in [-0.05, 0) is 36.6 Å². The molecule has 3 heterocycles. The van der Waals surface area contributed by atoms with Crippen molar-refractivity contribution in [3.63, 3.8) is 0 Å². The Hall–Kier alpha value is -2.27. The Morgan fingerprint density at radius 1 is 1.24 bits per heavy atom. The van der Waals surface area contributed by atoms with E-state index in [2.05, 4.69) is 14.9 Å². The summed E-state index contributed by atoms with van der Waals surface area (Å²) in [6.07, 6.45) is 1.92. The highest BCUT2D eigenvalue weighted by Crippen LogP contribution is 2.27. The lowest BCUT2D eigenvalue weighted by Gasteiger charge is -2.10. The van der Waals surface area contributed by atoms with Gasteiger partial charge in [-0.3, -0.25) is 4.79 Å². The van der Waals surface area contributed by atoms with E-state index in [-0.39, 0.29) is 28.4 Å². The Labute approximate surface area is 176 Å². The van der Waals surface area contributed by atoms with Gasteiger partial charge in [0.05, 0.1) is 0 Å². The van der Waals surface area contributed by atoms with Crippen LogP contribution in [0.1, 0.15) is 29.1 Å². The van der Waals surface area contributed by atoms with Gasteiger partial charge in [-0.1, -0.05) is 28.9 Å². The fraction of sp³-hybridized carbons (Fsp3) is 0.278. The topological polar surface area (TPSA) is 105 Å². The molecule has 1 aliphatic rings. The second kappa shape index (κ2) is 8.23. The second-order valence-corrected chi connectivity index (χ2v) is 9.87. The van der Waals surface area contributed by atoms with E-state index in [0.717, 1.165) is 29.7 Å². The molecule has 0 spiro atoms. The van der Waals surface area contributed by atoms with Gasteiger partial charge in [-0.2, -0.15) is 4.98 Å². The lowest BCUT2D eigenvalue weighted by atomic mass is 10.2. The molecule has 11 heteroatoms. The highest BCUT2D eigenvalue weighted by atomic mass is 35.5. The SMILES string of the molecule is O=C(c1nc(-c2csc(S(=O)(=O)NCc3ccc(Cl)cc3)c2)no1)N1CCCC1. The van der Waals surface area contributed by atoms with Crippen LogP contribution in [0.2, 0.25) is 5.02 Å². The number of nitrogens with zero attached hydrogens (tertiary/aromatic N) is 3. The summed E-state index contributed by atoms with van der Waals surface area (Å²) >= 11 is 6.88. The van der Waals surface area contributed by atoms with Gasteiger partial charge in [-0.15, -0.1) is 11.3 Å². The number of hydrogen-bond acceptors (Lipinski definition) is 7. The standard InChI is InChI=1S/C18H17ClN4O4S2/c19-14-5-3-12(4-6-14)10-20-29(25,26)15-9-13(11-28-15)16-21-17(27-22-16)18(24)23-7-1-2-8-23/h3-6,9,11,20H,1-2,7-8,10H2. The van der Waals surface area contributed by atoms with Gasteiger partial charge >= 0.3 is 11.8 Å². The maximum Gasteiger partial charge on any atom is 0.316 e. The molecular weight excluding hydrogens is 436 g/mol.